The van der Waals surface area contributed by atoms with E-state index in [4.69, 9.17) is 9.84 Å². The number of carbonyl (C=O) groups excluding carboxylic acids is 3. The minimum Gasteiger partial charge on any atom is -0.478 e. The van der Waals surface area contributed by atoms with E-state index in [2.05, 4.69) is 13.5 Å². The Morgan fingerprint density at radius 3 is 2.02 bits per heavy atom. The maximum absolute atomic E-state index is 12.4. The number of esters is 1. The monoisotopic (exact) mass is 578 g/mol. The molecule has 0 aromatic rings. The molecule has 0 heterocycles. The fourth-order valence-electron chi connectivity index (χ4n) is 4.56. The topological polar surface area (TPSA) is 155 Å². The molecule has 0 aromatic carbocycles. The number of hydrogen-bond acceptors (Lipinski definition) is 7. The lowest BCUT2D eigenvalue weighted by atomic mass is 9.88. The van der Waals surface area contributed by atoms with Gasteiger partial charge in [-0.2, -0.15) is 0 Å². The first-order valence-corrected chi connectivity index (χ1v) is 14.5. The van der Waals surface area contributed by atoms with Gasteiger partial charge in [0.25, 0.3) is 0 Å². The summed E-state index contributed by atoms with van der Waals surface area (Å²) in [6.45, 7) is 14.5. The fourth-order valence-corrected chi connectivity index (χ4v) is 4.56. The number of hydrogen-bond donors (Lipinski definition) is 3. The Bertz CT molecular complexity index is 976. The minimum absolute atomic E-state index is 0.0566. The van der Waals surface area contributed by atoms with Crippen LogP contribution in [0.15, 0.2) is 35.5 Å². The van der Waals surface area contributed by atoms with Crippen LogP contribution < -0.4 is 0 Å². The van der Waals surface area contributed by atoms with Gasteiger partial charge in [0.1, 0.15) is 11.9 Å². The Morgan fingerprint density at radius 2 is 1.49 bits per heavy atom. The summed E-state index contributed by atoms with van der Waals surface area (Å²) in [6.07, 6.45) is 5.69. The summed E-state index contributed by atoms with van der Waals surface area (Å²) in [7, 11) is 0. The largest absolute Gasteiger partial charge is 0.478 e. The van der Waals surface area contributed by atoms with Crippen LogP contribution in [0.5, 0.6) is 0 Å². The Kier molecular flexibility index (Phi) is 18.4. The van der Waals surface area contributed by atoms with Gasteiger partial charge in [-0.15, -0.1) is 0 Å². The van der Waals surface area contributed by atoms with Crippen molar-refractivity contribution in [3.63, 3.8) is 0 Å². The summed E-state index contributed by atoms with van der Waals surface area (Å²) in [5.41, 5.74) is 0.258. The number of allylic oxidation sites excluding steroid dienone is 3. The average molecular weight is 579 g/mol. The molecule has 232 valence electrons. The average Bonchev–Trinajstić information content (AvgIpc) is 2.88. The second-order valence-electron chi connectivity index (χ2n) is 11.3. The van der Waals surface area contributed by atoms with Crippen molar-refractivity contribution in [2.45, 2.75) is 118 Å². The number of ether oxygens (including phenoxy) is 1. The van der Waals surface area contributed by atoms with Crippen molar-refractivity contribution < 1.29 is 44.0 Å². The molecule has 0 aromatic heterocycles. The maximum Gasteiger partial charge on any atom is 0.332 e. The third-order valence-electron chi connectivity index (χ3n) is 7.44. The number of aliphatic hydroxyl groups excluding tert-OH is 1. The Hall–Kier alpha value is -3.07. The predicted octanol–water partition coefficient (Wildman–Crippen LogP) is 5.84. The molecule has 5 atom stereocenters. The lowest BCUT2D eigenvalue weighted by Crippen LogP contribution is -2.23. The summed E-state index contributed by atoms with van der Waals surface area (Å²) in [4.78, 5) is 59.1. The second-order valence-corrected chi connectivity index (χ2v) is 11.3. The van der Waals surface area contributed by atoms with E-state index in [9.17, 15) is 34.2 Å². The molecule has 0 rings (SSSR count). The molecule has 0 unspecified atom stereocenters. The van der Waals surface area contributed by atoms with E-state index in [1.165, 1.54) is 6.92 Å². The summed E-state index contributed by atoms with van der Waals surface area (Å²) >= 11 is 0. The molecule has 0 amide bonds. The molecule has 0 saturated carbocycles. The smallest absolute Gasteiger partial charge is 0.332 e. The van der Waals surface area contributed by atoms with Crippen LogP contribution in [0.3, 0.4) is 0 Å². The van der Waals surface area contributed by atoms with Gasteiger partial charge in [-0.1, -0.05) is 40.3 Å². The van der Waals surface area contributed by atoms with Crippen molar-refractivity contribution in [1.29, 1.82) is 0 Å². The molecule has 0 aliphatic rings. The molecule has 41 heavy (non-hydrogen) atoms. The molecule has 0 aliphatic heterocycles. The molecular formula is C32H50O9. The van der Waals surface area contributed by atoms with E-state index >= 15 is 0 Å². The highest BCUT2D eigenvalue weighted by Crippen LogP contribution is 2.22. The van der Waals surface area contributed by atoms with Crippen LogP contribution in [0, 0.1) is 17.8 Å². The highest BCUT2D eigenvalue weighted by atomic mass is 16.5. The van der Waals surface area contributed by atoms with Crippen LogP contribution in [0.2, 0.25) is 0 Å². The quantitative estimate of drug-likeness (QED) is 0.0815. The number of carboxylic acid groups (broad SMARTS) is 2. The van der Waals surface area contributed by atoms with Crippen LogP contribution in [0.4, 0.5) is 0 Å². The summed E-state index contributed by atoms with van der Waals surface area (Å²) in [5, 5.41) is 28.5. The molecule has 0 fully saturated rings. The van der Waals surface area contributed by atoms with E-state index in [0.29, 0.717) is 25.2 Å². The van der Waals surface area contributed by atoms with Crippen molar-refractivity contribution in [1.82, 2.24) is 0 Å². The lowest BCUT2D eigenvalue weighted by molar-refractivity contribution is -0.150. The van der Waals surface area contributed by atoms with E-state index in [-0.39, 0.29) is 60.2 Å². The first kappa shape index (κ1) is 37.9. The van der Waals surface area contributed by atoms with E-state index < -0.39 is 30.1 Å². The number of aliphatic hydroxyl groups is 1. The van der Waals surface area contributed by atoms with Gasteiger partial charge in [0.2, 0.25) is 0 Å². The summed E-state index contributed by atoms with van der Waals surface area (Å²) in [5.74, 6) is -2.98. The van der Waals surface area contributed by atoms with Gasteiger partial charge in [-0.05, 0) is 81.8 Å². The van der Waals surface area contributed by atoms with E-state index in [1.54, 1.807) is 19.1 Å². The van der Waals surface area contributed by atoms with E-state index in [1.807, 2.05) is 20.8 Å². The highest BCUT2D eigenvalue weighted by Gasteiger charge is 2.22. The predicted molar refractivity (Wildman–Crippen MR) is 157 cm³/mol. The maximum atomic E-state index is 12.4. The van der Waals surface area contributed by atoms with Crippen LogP contribution in [-0.4, -0.2) is 57.0 Å². The first-order valence-electron chi connectivity index (χ1n) is 14.5. The number of carbonyl (C=O) groups is 5. The van der Waals surface area contributed by atoms with Gasteiger partial charge in [-0.25, -0.2) is 9.59 Å². The molecule has 3 N–H and O–H groups in total. The number of Topliss-reactive ketones (excluding diaryl/α,β-unsaturated/α-hetero) is 1. The Balaban J connectivity index is 4.44. The zero-order valence-electron chi connectivity index (χ0n) is 25.6. The number of aliphatic carboxylic acids is 2. The van der Waals surface area contributed by atoms with Gasteiger partial charge in [-0.3, -0.25) is 14.4 Å². The molecule has 0 radical (unpaired) electrons. The SMILES string of the molecule is C=C/C(=C/C(=O)C[C@H](C)C[C@@H](C)CC[C@H](O)CC(=O)CC[C@H](C)[C@@H](C)OC(=O)CC/C(C(=O)O)=C(\C)C(=O)O)CC. The van der Waals surface area contributed by atoms with E-state index in [0.717, 1.165) is 24.8 Å². The number of ketones is 2. The van der Waals surface area contributed by atoms with Gasteiger partial charge < -0.3 is 20.1 Å². The minimum atomic E-state index is -1.39. The third kappa shape index (κ3) is 16.7. The van der Waals surface area contributed by atoms with Crippen LogP contribution in [0.25, 0.3) is 0 Å². The lowest BCUT2D eigenvalue weighted by Gasteiger charge is -2.21. The molecule has 9 nitrogen and oxygen atoms in total. The second kappa shape index (κ2) is 19.9. The normalized spacial score (nSPS) is 16.0. The first-order chi connectivity index (χ1) is 19.1. The fraction of sp³-hybridized carbons (Fsp3) is 0.656. The Morgan fingerprint density at radius 1 is 0.854 bits per heavy atom. The molecule has 0 aliphatic carbocycles. The zero-order valence-corrected chi connectivity index (χ0v) is 25.6. The number of rotatable bonds is 22. The van der Waals surface area contributed by atoms with Crippen molar-refractivity contribution in [3.05, 3.63) is 35.5 Å². The van der Waals surface area contributed by atoms with Gasteiger partial charge in [0, 0.05) is 36.8 Å². The summed E-state index contributed by atoms with van der Waals surface area (Å²) in [6, 6.07) is 0. The molecular weight excluding hydrogens is 528 g/mol. The van der Waals surface area contributed by atoms with Gasteiger partial charge in [0.15, 0.2) is 5.78 Å². The third-order valence-corrected chi connectivity index (χ3v) is 7.44. The molecule has 9 heteroatoms. The van der Waals surface area contributed by atoms with Crippen molar-refractivity contribution >= 4 is 29.5 Å². The van der Waals surface area contributed by atoms with Crippen LogP contribution in [0.1, 0.15) is 106 Å². The van der Waals surface area contributed by atoms with Gasteiger partial charge in [0.05, 0.1) is 6.10 Å². The van der Waals surface area contributed by atoms with Crippen molar-refractivity contribution in [2.24, 2.45) is 17.8 Å². The van der Waals surface area contributed by atoms with Crippen LogP contribution in [-0.2, 0) is 28.7 Å². The van der Waals surface area contributed by atoms with Gasteiger partial charge >= 0.3 is 17.9 Å². The zero-order chi connectivity index (χ0) is 31.7. The Labute approximate surface area is 244 Å². The number of carboxylic acids is 2. The summed E-state index contributed by atoms with van der Waals surface area (Å²) < 4.78 is 5.36. The molecule has 0 bridgehead atoms. The van der Waals surface area contributed by atoms with Crippen molar-refractivity contribution in [3.8, 4) is 0 Å². The molecule has 0 spiro atoms. The van der Waals surface area contributed by atoms with Crippen molar-refractivity contribution in [2.75, 3.05) is 0 Å². The standard InChI is InChI=1S/C32H50O9/c1-8-25(9-2)18-28(35)17-21(4)16-20(3)10-12-26(33)19-27(34)13-11-22(5)24(7)41-30(36)15-14-29(32(39)40)23(6)31(37)38/h8,18,20-22,24,26,33H,1,9-17,19H2,2-7H3,(H,37,38)(H,39,40)/b25-18-,29-23-/t20-,21+,22-,24+,26-/m0/s1. The molecule has 0 saturated heterocycles. The highest BCUT2D eigenvalue weighted by molar-refractivity contribution is 5.98. The van der Waals surface area contributed by atoms with Crippen LogP contribution >= 0.6 is 0 Å².